The van der Waals surface area contributed by atoms with E-state index in [0.717, 1.165) is 5.56 Å². The van der Waals surface area contributed by atoms with Crippen LogP contribution in [0, 0.1) is 0 Å². The molecule has 2 N–H and O–H groups in total. The molecule has 3 atom stereocenters. The van der Waals surface area contributed by atoms with Crippen molar-refractivity contribution in [3.05, 3.63) is 65.9 Å². The number of hydrogen-bond acceptors (Lipinski definition) is 7. The fourth-order valence-electron chi connectivity index (χ4n) is 3.88. The highest BCUT2D eigenvalue weighted by Gasteiger charge is 2.27. The minimum absolute atomic E-state index is 0.0418. The number of aromatic nitrogens is 4. The third kappa shape index (κ3) is 4.22. The average molecular weight is 451 g/mol. The first-order chi connectivity index (χ1) is 16.0. The summed E-state index contributed by atoms with van der Waals surface area (Å²) in [5.74, 6) is -0.498. The first-order valence-electron chi connectivity index (χ1n) is 10.5. The van der Waals surface area contributed by atoms with Gasteiger partial charge in [-0.3, -0.25) is 14.5 Å². The van der Waals surface area contributed by atoms with Gasteiger partial charge >= 0.3 is 0 Å². The molecule has 0 bridgehead atoms. The summed E-state index contributed by atoms with van der Waals surface area (Å²) < 4.78 is 28.0. The van der Waals surface area contributed by atoms with Crippen LogP contribution in [0.5, 0.6) is 0 Å². The van der Waals surface area contributed by atoms with Crippen molar-refractivity contribution in [3.63, 3.8) is 0 Å². The Morgan fingerprint density at radius 3 is 2.94 bits per heavy atom. The lowest BCUT2D eigenvalue weighted by molar-refractivity contribution is -0.0261. The summed E-state index contributed by atoms with van der Waals surface area (Å²) in [6.07, 6.45) is 4.46. The van der Waals surface area contributed by atoms with Crippen LogP contribution in [-0.4, -0.2) is 56.1 Å². The summed E-state index contributed by atoms with van der Waals surface area (Å²) in [5, 5.41) is 16.9. The van der Waals surface area contributed by atoms with Crippen LogP contribution in [-0.2, 0) is 11.8 Å². The van der Waals surface area contributed by atoms with E-state index in [1.165, 1.54) is 18.5 Å². The summed E-state index contributed by atoms with van der Waals surface area (Å²) in [7, 11) is 1.81. The molecule has 10 heteroatoms. The predicted octanol–water partition coefficient (Wildman–Crippen LogP) is 2.56. The van der Waals surface area contributed by atoms with Crippen LogP contribution in [0.4, 0.5) is 4.39 Å². The van der Waals surface area contributed by atoms with E-state index in [4.69, 9.17) is 9.15 Å². The molecule has 1 amide bonds. The molecule has 33 heavy (non-hydrogen) atoms. The first kappa shape index (κ1) is 21.2. The standard InChI is InChI=1S/C23H22FN5O4/c1-29-11-14(10-26-29)16-3-2-13(9-25-16)21(24)15-8-19(27-18-5-7-33-22(15)18)23(31)28-17-4-6-32-12-20(17)30/h2-3,5,7-11,17,20-21,30H,4,6,12H2,1H3,(H,28,31)/t17-,20-,21?/m0/s1. The molecule has 5 heterocycles. The van der Waals surface area contributed by atoms with Gasteiger partial charge in [0.05, 0.1) is 36.9 Å². The molecule has 0 radical (unpaired) electrons. The molecule has 0 spiro atoms. The van der Waals surface area contributed by atoms with E-state index < -0.39 is 24.2 Å². The number of amides is 1. The zero-order chi connectivity index (χ0) is 22.9. The van der Waals surface area contributed by atoms with Gasteiger partial charge < -0.3 is 19.6 Å². The van der Waals surface area contributed by atoms with E-state index in [0.29, 0.717) is 29.8 Å². The molecule has 1 aliphatic rings. The smallest absolute Gasteiger partial charge is 0.270 e. The third-order valence-corrected chi connectivity index (χ3v) is 5.67. The fourth-order valence-corrected chi connectivity index (χ4v) is 3.88. The predicted molar refractivity (Wildman–Crippen MR) is 116 cm³/mol. The number of pyridine rings is 2. The summed E-state index contributed by atoms with van der Waals surface area (Å²) >= 11 is 0. The zero-order valence-electron chi connectivity index (χ0n) is 17.8. The Morgan fingerprint density at radius 2 is 2.21 bits per heavy atom. The van der Waals surface area contributed by atoms with Crippen molar-refractivity contribution >= 4 is 17.0 Å². The van der Waals surface area contributed by atoms with Crippen LogP contribution in [0.1, 0.15) is 34.2 Å². The number of carbonyl (C=O) groups is 1. The topological polar surface area (TPSA) is 115 Å². The molecule has 0 saturated carbocycles. The number of carbonyl (C=O) groups excluding carboxylic acids is 1. The second-order valence-electron chi connectivity index (χ2n) is 7.98. The van der Waals surface area contributed by atoms with Gasteiger partial charge in [-0.1, -0.05) is 6.07 Å². The van der Waals surface area contributed by atoms with Gasteiger partial charge in [0.25, 0.3) is 5.91 Å². The molecule has 0 aromatic carbocycles. The molecule has 9 nitrogen and oxygen atoms in total. The van der Waals surface area contributed by atoms with Crippen LogP contribution in [0.3, 0.4) is 0 Å². The molecule has 5 rings (SSSR count). The molecule has 0 aliphatic carbocycles. The minimum atomic E-state index is -1.59. The number of halogens is 1. The van der Waals surface area contributed by atoms with Crippen molar-refractivity contribution in [3.8, 4) is 11.3 Å². The third-order valence-electron chi connectivity index (χ3n) is 5.67. The maximum absolute atomic E-state index is 15.6. The highest BCUT2D eigenvalue weighted by molar-refractivity contribution is 5.95. The number of aliphatic hydroxyl groups excluding tert-OH is 1. The number of alkyl halides is 1. The number of fused-ring (bicyclic) bond motifs is 1. The van der Waals surface area contributed by atoms with Crippen LogP contribution < -0.4 is 5.32 Å². The van der Waals surface area contributed by atoms with Crippen molar-refractivity contribution < 1.29 is 23.4 Å². The molecule has 170 valence electrons. The molecule has 1 unspecified atom stereocenters. The van der Waals surface area contributed by atoms with Crippen LogP contribution in [0.2, 0.25) is 0 Å². The van der Waals surface area contributed by atoms with Crippen molar-refractivity contribution in [2.45, 2.75) is 24.7 Å². The number of hydrogen-bond donors (Lipinski definition) is 2. The SMILES string of the molecule is Cn1cc(-c2ccc(C(F)c3cc(C(=O)N[C@H]4CCOC[C@@H]4O)nc4ccoc34)cn2)cn1. The van der Waals surface area contributed by atoms with Gasteiger partial charge in [-0.2, -0.15) is 5.10 Å². The summed E-state index contributed by atoms with van der Waals surface area (Å²) in [5.41, 5.74) is 2.67. The highest BCUT2D eigenvalue weighted by atomic mass is 19.1. The highest BCUT2D eigenvalue weighted by Crippen LogP contribution is 2.33. The molecule has 4 aromatic rings. The first-order valence-corrected chi connectivity index (χ1v) is 10.5. The Kier molecular flexibility index (Phi) is 5.61. The Morgan fingerprint density at radius 1 is 1.33 bits per heavy atom. The number of nitrogens with one attached hydrogen (secondary N) is 1. The summed E-state index contributed by atoms with van der Waals surface area (Å²) in [6, 6.07) is 5.87. The van der Waals surface area contributed by atoms with Crippen molar-refractivity contribution in [2.75, 3.05) is 13.2 Å². The van der Waals surface area contributed by atoms with Crippen LogP contribution in [0.15, 0.2) is 53.5 Å². The van der Waals surface area contributed by atoms with E-state index in [9.17, 15) is 9.90 Å². The minimum Gasteiger partial charge on any atom is -0.462 e. The lowest BCUT2D eigenvalue weighted by atomic mass is 10.0. The number of ether oxygens (including phenoxy) is 1. The van der Waals surface area contributed by atoms with Crippen LogP contribution in [0.25, 0.3) is 22.4 Å². The van der Waals surface area contributed by atoms with Crippen molar-refractivity contribution in [1.82, 2.24) is 25.1 Å². The summed E-state index contributed by atoms with van der Waals surface area (Å²) in [4.78, 5) is 21.5. The van der Waals surface area contributed by atoms with Gasteiger partial charge in [-0.15, -0.1) is 0 Å². The van der Waals surface area contributed by atoms with E-state index in [2.05, 4.69) is 20.4 Å². The number of rotatable bonds is 5. The van der Waals surface area contributed by atoms with Crippen LogP contribution >= 0.6 is 0 Å². The van der Waals surface area contributed by atoms with Crippen molar-refractivity contribution in [2.24, 2.45) is 7.05 Å². The zero-order valence-corrected chi connectivity index (χ0v) is 17.8. The molecule has 1 fully saturated rings. The largest absolute Gasteiger partial charge is 0.462 e. The van der Waals surface area contributed by atoms with E-state index in [-0.39, 0.29) is 23.4 Å². The second-order valence-corrected chi connectivity index (χ2v) is 7.98. The van der Waals surface area contributed by atoms with Crippen molar-refractivity contribution in [1.29, 1.82) is 0 Å². The Balaban J connectivity index is 1.43. The fraction of sp³-hybridized carbons (Fsp3) is 0.304. The molecular weight excluding hydrogens is 429 g/mol. The monoisotopic (exact) mass is 451 g/mol. The average Bonchev–Trinajstić information content (AvgIpc) is 3.48. The molecule has 4 aromatic heterocycles. The maximum Gasteiger partial charge on any atom is 0.270 e. The number of nitrogens with zero attached hydrogens (tertiary/aromatic N) is 4. The molecule has 1 aliphatic heterocycles. The van der Waals surface area contributed by atoms with Gasteiger partial charge in [0.15, 0.2) is 11.8 Å². The second kappa shape index (κ2) is 8.72. The van der Waals surface area contributed by atoms with Gasteiger partial charge in [0.2, 0.25) is 0 Å². The van der Waals surface area contributed by atoms with Gasteiger partial charge in [-0.25, -0.2) is 9.37 Å². The van der Waals surface area contributed by atoms with Gasteiger partial charge in [0.1, 0.15) is 11.2 Å². The number of furan rings is 1. The lowest BCUT2D eigenvalue weighted by Gasteiger charge is -2.28. The van der Waals surface area contributed by atoms with E-state index in [1.807, 2.05) is 13.2 Å². The Bertz CT molecular complexity index is 1290. The summed E-state index contributed by atoms with van der Waals surface area (Å²) in [6.45, 7) is 0.592. The van der Waals surface area contributed by atoms with Gasteiger partial charge in [0, 0.05) is 48.8 Å². The van der Waals surface area contributed by atoms with Gasteiger partial charge in [-0.05, 0) is 18.6 Å². The molecular formula is C23H22FN5O4. The van der Waals surface area contributed by atoms with E-state index >= 15 is 4.39 Å². The number of aliphatic hydroxyl groups is 1. The normalized spacial score (nSPS) is 19.5. The molecule has 1 saturated heterocycles. The Hall–Kier alpha value is -3.63. The van der Waals surface area contributed by atoms with E-state index in [1.54, 1.807) is 29.1 Å². The number of aryl methyl sites for hydroxylation is 1. The lowest BCUT2D eigenvalue weighted by Crippen LogP contribution is -2.48. The quantitative estimate of drug-likeness (QED) is 0.479. The maximum atomic E-state index is 15.6. The Labute approximate surface area is 188 Å².